The maximum Gasteiger partial charge on any atom is 0.230 e. The Morgan fingerprint density at radius 2 is 1.88 bits per heavy atom. The molecule has 1 fully saturated rings. The number of aryl methyl sites for hydroxylation is 1. The minimum atomic E-state index is 0.451. The van der Waals surface area contributed by atoms with Crippen molar-refractivity contribution in [2.45, 2.75) is 6.92 Å². The summed E-state index contributed by atoms with van der Waals surface area (Å²) in [7, 11) is 0. The largest absolute Gasteiger partial charge is 0.378 e. The molecule has 2 N–H and O–H groups in total. The van der Waals surface area contributed by atoms with Crippen molar-refractivity contribution in [1.29, 1.82) is 0 Å². The molecular formula is C18H20N6O2. The van der Waals surface area contributed by atoms with Crippen molar-refractivity contribution in [1.82, 2.24) is 15.1 Å². The smallest absolute Gasteiger partial charge is 0.230 e. The Balaban J connectivity index is 1.53. The molecule has 1 aromatic carbocycles. The Bertz CT molecular complexity index is 875. The standard InChI is InChI=1S/C18H20N6O2/c1-13-12-17(23-26-13)22-18-19-7-6-16(21-18)20-14-4-2-3-5-15(14)24-8-10-25-11-9-24/h2-7,12H,8-11H2,1H3,(H2,19,20,21,22,23). The van der Waals surface area contributed by atoms with E-state index in [1.54, 1.807) is 12.3 Å². The lowest BCUT2D eigenvalue weighted by molar-refractivity contribution is 0.123. The van der Waals surface area contributed by atoms with Crippen molar-refractivity contribution in [3.8, 4) is 0 Å². The number of anilines is 5. The van der Waals surface area contributed by atoms with Gasteiger partial charge < -0.3 is 24.8 Å². The van der Waals surface area contributed by atoms with Crippen LogP contribution < -0.4 is 15.5 Å². The van der Waals surface area contributed by atoms with Gasteiger partial charge in [-0.25, -0.2) is 4.98 Å². The topological polar surface area (TPSA) is 88.3 Å². The van der Waals surface area contributed by atoms with Gasteiger partial charge in [-0.15, -0.1) is 0 Å². The summed E-state index contributed by atoms with van der Waals surface area (Å²) in [5.74, 6) is 2.45. The van der Waals surface area contributed by atoms with E-state index in [0.29, 0.717) is 17.6 Å². The highest BCUT2D eigenvalue weighted by Crippen LogP contribution is 2.29. The summed E-state index contributed by atoms with van der Waals surface area (Å²) < 4.78 is 10.5. The van der Waals surface area contributed by atoms with Crippen LogP contribution in [0.15, 0.2) is 47.1 Å². The van der Waals surface area contributed by atoms with E-state index in [2.05, 4.69) is 36.7 Å². The number of hydrogen-bond acceptors (Lipinski definition) is 8. The third-order valence-corrected chi connectivity index (χ3v) is 4.04. The summed E-state index contributed by atoms with van der Waals surface area (Å²) in [6.45, 7) is 5.07. The van der Waals surface area contributed by atoms with Gasteiger partial charge in [0.2, 0.25) is 5.95 Å². The number of aromatic nitrogens is 3. The molecule has 2 aromatic heterocycles. The van der Waals surface area contributed by atoms with Crippen LogP contribution in [-0.2, 0) is 4.74 Å². The molecule has 1 aliphatic rings. The van der Waals surface area contributed by atoms with E-state index in [9.17, 15) is 0 Å². The normalized spacial score (nSPS) is 14.3. The van der Waals surface area contributed by atoms with E-state index < -0.39 is 0 Å². The van der Waals surface area contributed by atoms with Crippen molar-refractivity contribution in [3.05, 3.63) is 48.4 Å². The fourth-order valence-corrected chi connectivity index (χ4v) is 2.83. The highest BCUT2D eigenvalue weighted by Gasteiger charge is 2.15. The molecule has 4 rings (SSSR count). The molecule has 0 radical (unpaired) electrons. The van der Waals surface area contributed by atoms with E-state index in [4.69, 9.17) is 9.26 Å². The Labute approximate surface area is 151 Å². The fourth-order valence-electron chi connectivity index (χ4n) is 2.83. The molecule has 1 aliphatic heterocycles. The van der Waals surface area contributed by atoms with Crippen LogP contribution >= 0.6 is 0 Å². The van der Waals surface area contributed by atoms with Crippen molar-refractivity contribution in [2.75, 3.05) is 41.8 Å². The number of rotatable bonds is 5. The Morgan fingerprint density at radius 3 is 2.69 bits per heavy atom. The highest BCUT2D eigenvalue weighted by atomic mass is 16.5. The molecule has 8 nitrogen and oxygen atoms in total. The lowest BCUT2D eigenvalue weighted by atomic mass is 10.2. The van der Waals surface area contributed by atoms with E-state index in [0.717, 1.165) is 43.4 Å². The van der Waals surface area contributed by atoms with Gasteiger partial charge >= 0.3 is 0 Å². The first-order valence-electron chi connectivity index (χ1n) is 8.50. The first kappa shape index (κ1) is 16.3. The average molecular weight is 352 g/mol. The molecule has 0 bridgehead atoms. The number of nitrogens with zero attached hydrogens (tertiary/aromatic N) is 4. The zero-order chi connectivity index (χ0) is 17.8. The molecule has 1 saturated heterocycles. The van der Waals surface area contributed by atoms with E-state index in [1.807, 2.05) is 31.2 Å². The van der Waals surface area contributed by atoms with Crippen LogP contribution in [0.5, 0.6) is 0 Å². The van der Waals surface area contributed by atoms with E-state index in [-0.39, 0.29) is 0 Å². The molecule has 0 saturated carbocycles. The van der Waals surface area contributed by atoms with Gasteiger partial charge in [0.15, 0.2) is 5.82 Å². The van der Waals surface area contributed by atoms with Crippen LogP contribution in [0.1, 0.15) is 5.76 Å². The summed E-state index contributed by atoms with van der Waals surface area (Å²) in [5, 5.41) is 10.3. The van der Waals surface area contributed by atoms with Crippen LogP contribution in [0.2, 0.25) is 0 Å². The molecule has 0 spiro atoms. The molecule has 0 aliphatic carbocycles. The molecule has 0 amide bonds. The van der Waals surface area contributed by atoms with E-state index >= 15 is 0 Å². The molecule has 134 valence electrons. The number of nitrogens with one attached hydrogen (secondary N) is 2. The van der Waals surface area contributed by atoms with Gasteiger partial charge in [0, 0.05) is 25.4 Å². The van der Waals surface area contributed by atoms with E-state index in [1.165, 1.54) is 0 Å². The zero-order valence-electron chi connectivity index (χ0n) is 14.5. The summed E-state index contributed by atoms with van der Waals surface area (Å²) in [6.07, 6.45) is 1.70. The maximum absolute atomic E-state index is 5.45. The number of benzene rings is 1. The minimum Gasteiger partial charge on any atom is -0.378 e. The van der Waals surface area contributed by atoms with Crippen molar-refractivity contribution in [3.63, 3.8) is 0 Å². The van der Waals surface area contributed by atoms with Crippen LogP contribution in [0.25, 0.3) is 0 Å². The first-order chi connectivity index (χ1) is 12.8. The van der Waals surface area contributed by atoms with Gasteiger partial charge in [-0.1, -0.05) is 17.3 Å². The monoisotopic (exact) mass is 352 g/mol. The predicted molar refractivity (Wildman–Crippen MR) is 99.3 cm³/mol. The van der Waals surface area contributed by atoms with Gasteiger partial charge in [0.05, 0.1) is 24.6 Å². The lowest BCUT2D eigenvalue weighted by Crippen LogP contribution is -2.36. The first-order valence-corrected chi connectivity index (χ1v) is 8.50. The third kappa shape index (κ3) is 3.75. The van der Waals surface area contributed by atoms with Crippen LogP contribution in [0.4, 0.5) is 29.0 Å². The van der Waals surface area contributed by atoms with Crippen molar-refractivity contribution >= 4 is 29.0 Å². The predicted octanol–water partition coefficient (Wildman–Crippen LogP) is 3.10. The quantitative estimate of drug-likeness (QED) is 0.724. The van der Waals surface area contributed by atoms with Crippen molar-refractivity contribution < 1.29 is 9.26 Å². The fraction of sp³-hybridized carbons (Fsp3) is 0.278. The lowest BCUT2D eigenvalue weighted by Gasteiger charge is -2.30. The van der Waals surface area contributed by atoms with Gasteiger partial charge in [-0.05, 0) is 25.1 Å². The Morgan fingerprint density at radius 1 is 1.04 bits per heavy atom. The Hall–Kier alpha value is -3.13. The average Bonchev–Trinajstić information content (AvgIpc) is 3.08. The number of hydrogen-bond donors (Lipinski definition) is 2. The molecule has 0 unspecified atom stereocenters. The number of morpholine rings is 1. The van der Waals surface area contributed by atoms with Gasteiger partial charge in [0.1, 0.15) is 11.6 Å². The second-order valence-electron chi connectivity index (χ2n) is 5.95. The molecule has 8 heteroatoms. The van der Waals surface area contributed by atoms with Crippen LogP contribution in [-0.4, -0.2) is 41.4 Å². The van der Waals surface area contributed by atoms with Crippen LogP contribution in [0, 0.1) is 6.92 Å². The number of ether oxygens (including phenoxy) is 1. The number of para-hydroxylation sites is 2. The van der Waals surface area contributed by atoms with Gasteiger partial charge in [-0.2, -0.15) is 4.98 Å². The summed E-state index contributed by atoms with van der Waals surface area (Å²) in [5.41, 5.74) is 2.13. The third-order valence-electron chi connectivity index (χ3n) is 4.04. The highest BCUT2D eigenvalue weighted by molar-refractivity contribution is 5.74. The summed E-state index contributed by atoms with van der Waals surface area (Å²) in [4.78, 5) is 11.0. The molecular weight excluding hydrogens is 332 g/mol. The minimum absolute atomic E-state index is 0.451. The second-order valence-corrected chi connectivity index (χ2v) is 5.95. The van der Waals surface area contributed by atoms with Crippen molar-refractivity contribution in [2.24, 2.45) is 0 Å². The zero-order valence-corrected chi connectivity index (χ0v) is 14.5. The van der Waals surface area contributed by atoms with Gasteiger partial charge in [-0.3, -0.25) is 0 Å². The van der Waals surface area contributed by atoms with Crippen LogP contribution in [0.3, 0.4) is 0 Å². The Kier molecular flexibility index (Phi) is 4.65. The molecule has 3 heterocycles. The SMILES string of the molecule is Cc1cc(Nc2nccc(Nc3ccccc3N3CCOCC3)n2)no1. The molecule has 3 aromatic rings. The maximum atomic E-state index is 5.45. The molecule has 0 atom stereocenters. The van der Waals surface area contributed by atoms with Gasteiger partial charge in [0.25, 0.3) is 0 Å². The summed E-state index contributed by atoms with van der Waals surface area (Å²) in [6, 6.07) is 11.8. The molecule has 26 heavy (non-hydrogen) atoms. The summed E-state index contributed by atoms with van der Waals surface area (Å²) >= 11 is 0. The second kappa shape index (κ2) is 7.40.